The normalized spacial score (nSPS) is 10.2. The van der Waals surface area contributed by atoms with Gasteiger partial charge in [-0.2, -0.15) is 0 Å². The van der Waals surface area contributed by atoms with Gasteiger partial charge < -0.3 is 15.7 Å². The molecule has 0 aliphatic heterocycles. The van der Waals surface area contributed by atoms with E-state index < -0.39 is 0 Å². The average molecular weight is 256 g/mol. The summed E-state index contributed by atoms with van der Waals surface area (Å²) >= 11 is 0. The molecule has 98 valence electrons. The average Bonchev–Trinajstić information content (AvgIpc) is 2.40. The lowest BCUT2D eigenvalue weighted by Crippen LogP contribution is -2.27. The summed E-state index contributed by atoms with van der Waals surface area (Å²) in [5.41, 5.74) is 8.25. The number of carbonyl (C=O) groups is 1. The second kappa shape index (κ2) is 5.02. The number of nitrogens with zero attached hydrogens (tertiary/aromatic N) is 1. The first-order chi connectivity index (χ1) is 9.00. The molecule has 0 radical (unpaired) electrons. The van der Waals surface area contributed by atoms with E-state index in [-0.39, 0.29) is 11.7 Å². The maximum Gasteiger partial charge on any atom is 0.260 e. The van der Waals surface area contributed by atoms with Crippen LogP contribution in [0.5, 0.6) is 5.75 Å². The minimum Gasteiger partial charge on any atom is -0.508 e. The Balaban J connectivity index is 2.39. The van der Waals surface area contributed by atoms with Gasteiger partial charge in [-0.3, -0.25) is 4.79 Å². The molecule has 0 saturated heterocycles. The lowest BCUT2D eigenvalue weighted by molar-refractivity contribution is 0.0993. The van der Waals surface area contributed by atoms with Crippen molar-refractivity contribution in [3.8, 4) is 5.75 Å². The van der Waals surface area contributed by atoms with Crippen LogP contribution in [-0.2, 0) is 0 Å². The molecule has 2 aromatic rings. The van der Waals surface area contributed by atoms with Gasteiger partial charge in [0.2, 0.25) is 0 Å². The molecule has 0 aliphatic rings. The molecule has 0 aromatic heterocycles. The predicted molar refractivity (Wildman–Crippen MR) is 76.4 cm³/mol. The van der Waals surface area contributed by atoms with Crippen LogP contribution in [0, 0.1) is 6.92 Å². The number of nitrogens with two attached hydrogens (primary N) is 1. The summed E-state index contributed by atoms with van der Waals surface area (Å²) in [6, 6.07) is 12.0. The minimum absolute atomic E-state index is 0.0238. The molecular formula is C15H16N2O2. The Kier molecular flexibility index (Phi) is 3.42. The van der Waals surface area contributed by atoms with Crippen LogP contribution in [0.3, 0.4) is 0 Å². The lowest BCUT2D eigenvalue weighted by Gasteiger charge is -2.20. The van der Waals surface area contributed by atoms with Crippen LogP contribution >= 0.6 is 0 Å². The maximum atomic E-state index is 12.4. The van der Waals surface area contributed by atoms with Crippen LogP contribution in [0.25, 0.3) is 0 Å². The number of aromatic hydroxyl groups is 1. The summed E-state index contributed by atoms with van der Waals surface area (Å²) in [6.07, 6.45) is 0. The standard InChI is InChI=1S/C15H16N2O2/c1-10-5-3-4-6-14(10)17(2)15(19)12-9-11(18)7-8-13(12)16/h3-9,18H,16H2,1-2H3. The highest BCUT2D eigenvalue weighted by Crippen LogP contribution is 2.24. The van der Waals surface area contributed by atoms with E-state index in [1.807, 2.05) is 31.2 Å². The lowest BCUT2D eigenvalue weighted by atomic mass is 10.1. The zero-order chi connectivity index (χ0) is 14.0. The van der Waals surface area contributed by atoms with Gasteiger partial charge in [0.05, 0.1) is 5.56 Å². The topological polar surface area (TPSA) is 66.6 Å². The van der Waals surface area contributed by atoms with Crippen molar-refractivity contribution in [2.24, 2.45) is 0 Å². The van der Waals surface area contributed by atoms with Crippen LogP contribution in [-0.4, -0.2) is 18.1 Å². The fourth-order valence-electron chi connectivity index (χ4n) is 1.96. The van der Waals surface area contributed by atoms with Gasteiger partial charge in [-0.25, -0.2) is 0 Å². The van der Waals surface area contributed by atoms with Crippen LogP contribution in [0.2, 0.25) is 0 Å². The highest BCUT2D eigenvalue weighted by atomic mass is 16.3. The summed E-state index contributed by atoms with van der Waals surface area (Å²) in [7, 11) is 1.69. The number of carbonyl (C=O) groups excluding carboxylic acids is 1. The molecule has 2 rings (SSSR count). The summed E-state index contributed by atoms with van der Waals surface area (Å²) in [5.74, 6) is -0.224. The van der Waals surface area contributed by atoms with E-state index in [0.29, 0.717) is 11.3 Å². The molecule has 0 atom stereocenters. The molecule has 0 bridgehead atoms. The molecule has 0 heterocycles. The first kappa shape index (κ1) is 13.0. The smallest absolute Gasteiger partial charge is 0.260 e. The number of benzene rings is 2. The van der Waals surface area contributed by atoms with E-state index in [2.05, 4.69) is 0 Å². The number of aryl methyl sites for hydroxylation is 1. The second-order valence-corrected chi connectivity index (χ2v) is 4.42. The van der Waals surface area contributed by atoms with E-state index in [9.17, 15) is 9.90 Å². The van der Waals surface area contributed by atoms with Gasteiger partial charge in [0.1, 0.15) is 5.75 Å². The third-order valence-corrected chi connectivity index (χ3v) is 3.05. The molecule has 2 aromatic carbocycles. The third kappa shape index (κ3) is 2.52. The molecule has 4 nitrogen and oxygen atoms in total. The van der Waals surface area contributed by atoms with E-state index in [1.165, 1.54) is 23.1 Å². The Morgan fingerprint density at radius 1 is 1.21 bits per heavy atom. The fourth-order valence-corrected chi connectivity index (χ4v) is 1.96. The van der Waals surface area contributed by atoms with Gasteiger partial charge in [0, 0.05) is 18.4 Å². The number of phenols is 1. The summed E-state index contributed by atoms with van der Waals surface area (Å²) in [5, 5.41) is 9.47. The van der Waals surface area contributed by atoms with Crippen LogP contribution < -0.4 is 10.6 Å². The minimum atomic E-state index is -0.247. The van der Waals surface area contributed by atoms with Crippen molar-refractivity contribution in [3.05, 3.63) is 53.6 Å². The molecule has 4 heteroatoms. The van der Waals surface area contributed by atoms with Gasteiger partial charge >= 0.3 is 0 Å². The van der Waals surface area contributed by atoms with Crippen molar-refractivity contribution in [1.29, 1.82) is 0 Å². The molecule has 3 N–H and O–H groups in total. The number of hydrogen-bond acceptors (Lipinski definition) is 3. The molecule has 0 spiro atoms. The zero-order valence-corrected chi connectivity index (χ0v) is 10.9. The van der Waals surface area contributed by atoms with Gasteiger partial charge in [0.25, 0.3) is 5.91 Å². The number of hydrogen-bond donors (Lipinski definition) is 2. The Morgan fingerprint density at radius 3 is 2.58 bits per heavy atom. The van der Waals surface area contributed by atoms with E-state index in [0.717, 1.165) is 11.3 Å². The summed E-state index contributed by atoms with van der Waals surface area (Å²) < 4.78 is 0. The quantitative estimate of drug-likeness (QED) is 0.641. The summed E-state index contributed by atoms with van der Waals surface area (Å²) in [4.78, 5) is 13.9. The van der Waals surface area contributed by atoms with E-state index in [4.69, 9.17) is 5.73 Å². The number of anilines is 2. The van der Waals surface area contributed by atoms with Gasteiger partial charge in [-0.15, -0.1) is 0 Å². The Labute approximate surface area is 112 Å². The van der Waals surface area contributed by atoms with Crippen molar-refractivity contribution >= 4 is 17.3 Å². The van der Waals surface area contributed by atoms with Crippen LogP contribution in [0.1, 0.15) is 15.9 Å². The molecular weight excluding hydrogens is 240 g/mol. The number of rotatable bonds is 2. The van der Waals surface area contributed by atoms with Gasteiger partial charge in [-0.1, -0.05) is 18.2 Å². The van der Waals surface area contributed by atoms with Crippen molar-refractivity contribution in [2.75, 3.05) is 17.7 Å². The molecule has 1 amide bonds. The van der Waals surface area contributed by atoms with E-state index in [1.54, 1.807) is 7.05 Å². The Bertz CT molecular complexity index is 623. The number of phenolic OH excluding ortho intramolecular Hbond substituents is 1. The second-order valence-electron chi connectivity index (χ2n) is 4.42. The monoisotopic (exact) mass is 256 g/mol. The first-order valence-electron chi connectivity index (χ1n) is 5.93. The molecule has 0 aliphatic carbocycles. The van der Waals surface area contributed by atoms with Gasteiger partial charge in [0.15, 0.2) is 0 Å². The van der Waals surface area contributed by atoms with Crippen LogP contribution in [0.15, 0.2) is 42.5 Å². The predicted octanol–water partition coefficient (Wildman–Crippen LogP) is 2.56. The van der Waals surface area contributed by atoms with Crippen molar-refractivity contribution in [1.82, 2.24) is 0 Å². The van der Waals surface area contributed by atoms with E-state index >= 15 is 0 Å². The van der Waals surface area contributed by atoms with Gasteiger partial charge in [-0.05, 0) is 36.8 Å². The largest absolute Gasteiger partial charge is 0.508 e. The highest BCUT2D eigenvalue weighted by Gasteiger charge is 2.17. The van der Waals surface area contributed by atoms with Crippen molar-refractivity contribution < 1.29 is 9.90 Å². The summed E-state index contributed by atoms with van der Waals surface area (Å²) in [6.45, 7) is 1.94. The highest BCUT2D eigenvalue weighted by molar-refractivity contribution is 6.09. The third-order valence-electron chi connectivity index (χ3n) is 3.05. The van der Waals surface area contributed by atoms with Crippen molar-refractivity contribution in [3.63, 3.8) is 0 Å². The molecule has 0 fully saturated rings. The van der Waals surface area contributed by atoms with Crippen LogP contribution in [0.4, 0.5) is 11.4 Å². The molecule has 19 heavy (non-hydrogen) atoms. The SMILES string of the molecule is Cc1ccccc1N(C)C(=O)c1cc(O)ccc1N. The number of nitrogen functional groups attached to an aromatic ring is 1. The Hall–Kier alpha value is -2.49. The number of amides is 1. The Morgan fingerprint density at radius 2 is 1.89 bits per heavy atom. The molecule has 0 unspecified atom stereocenters. The van der Waals surface area contributed by atoms with Crippen molar-refractivity contribution in [2.45, 2.75) is 6.92 Å². The zero-order valence-electron chi connectivity index (χ0n) is 10.9. The first-order valence-corrected chi connectivity index (χ1v) is 5.93. The maximum absolute atomic E-state index is 12.4. The number of para-hydroxylation sites is 1. The fraction of sp³-hybridized carbons (Fsp3) is 0.133. The molecule has 0 saturated carbocycles.